The van der Waals surface area contributed by atoms with Gasteiger partial charge in [-0.25, -0.2) is 0 Å². The molecule has 1 heterocycles. The summed E-state index contributed by atoms with van der Waals surface area (Å²) in [5.41, 5.74) is 9.97. The Morgan fingerprint density at radius 1 is 1.30 bits per heavy atom. The van der Waals surface area contributed by atoms with E-state index in [2.05, 4.69) is 22.2 Å². The second-order valence-electron chi connectivity index (χ2n) is 1.74. The SMILES string of the molecule is N[13c]1[nH]c(=S)[nH]c(=O)[13c]1[15NH2]. The molecule has 1 aromatic heterocycles. The molecular formula is C4H6N4OS. The molecular weight excluding hydrogens is 155 g/mol. The third-order valence-corrected chi connectivity index (χ3v) is 1.21. The number of aromatic nitrogens is 2. The van der Waals surface area contributed by atoms with Gasteiger partial charge in [0.1, 0.15) is 11.5 Å². The molecule has 0 radical (unpaired) electrons. The summed E-state index contributed by atoms with van der Waals surface area (Å²) in [7, 11) is 0. The first-order valence-electron chi connectivity index (χ1n) is 2.49. The summed E-state index contributed by atoms with van der Waals surface area (Å²) in [6, 6.07) is 0. The second kappa shape index (κ2) is 2.14. The standard InChI is InChI=1S/C4H6N4OS/c5-1-2(6)7-4(10)8-3(1)9/h5H2,(H4,6,7,8,9,10)/i1+1,2+1,5+1. The number of rotatable bonds is 0. The molecule has 0 atom stereocenters. The molecule has 0 aromatic carbocycles. The molecule has 0 aliphatic heterocycles. The van der Waals surface area contributed by atoms with Crippen LogP contribution in [0.1, 0.15) is 0 Å². The van der Waals surface area contributed by atoms with Crippen molar-refractivity contribution in [3.63, 3.8) is 0 Å². The summed E-state index contributed by atoms with van der Waals surface area (Å²) in [5.74, 6) is 0.105. The Morgan fingerprint density at radius 2 is 1.90 bits per heavy atom. The van der Waals surface area contributed by atoms with Crippen LogP contribution in [0.4, 0.5) is 11.5 Å². The first-order valence-corrected chi connectivity index (χ1v) is 2.89. The maximum atomic E-state index is 10.7. The predicted octanol–water partition coefficient (Wildman–Crippen LogP) is -0.403. The minimum Gasteiger partial charge on any atom is -0.391 e. The summed E-state index contributed by atoms with van der Waals surface area (Å²) in [6.45, 7) is 0. The molecule has 10 heavy (non-hydrogen) atoms. The van der Waals surface area contributed by atoms with Crippen LogP contribution in [0.3, 0.4) is 0 Å². The third kappa shape index (κ3) is 1.01. The van der Waals surface area contributed by atoms with E-state index in [1.54, 1.807) is 0 Å². The summed E-state index contributed by atoms with van der Waals surface area (Å²) >= 11 is 4.60. The highest BCUT2D eigenvalue weighted by atomic mass is 32.1. The zero-order chi connectivity index (χ0) is 7.72. The molecule has 0 fully saturated rings. The zero-order valence-electron chi connectivity index (χ0n) is 4.97. The average Bonchev–Trinajstić information content (AvgIpc) is 1.82. The van der Waals surface area contributed by atoms with Crippen LogP contribution >= 0.6 is 12.2 Å². The van der Waals surface area contributed by atoms with Gasteiger partial charge in [0.25, 0.3) is 5.56 Å². The Hall–Kier alpha value is -1.30. The number of hydrogen-bond acceptors (Lipinski definition) is 4. The molecule has 0 unspecified atom stereocenters. The van der Waals surface area contributed by atoms with E-state index in [-0.39, 0.29) is 16.3 Å². The predicted molar refractivity (Wildman–Crippen MR) is 41.1 cm³/mol. The molecule has 1 aromatic rings. The number of nitrogen functional groups attached to an aromatic ring is 2. The van der Waals surface area contributed by atoms with Crippen molar-refractivity contribution in [3.8, 4) is 0 Å². The molecule has 0 amide bonds. The lowest BCUT2D eigenvalue weighted by molar-refractivity contribution is 1.10. The smallest absolute Gasteiger partial charge is 0.277 e. The Balaban J connectivity index is 3.62. The van der Waals surface area contributed by atoms with Gasteiger partial charge in [-0.3, -0.25) is 9.78 Å². The summed E-state index contributed by atoms with van der Waals surface area (Å²) in [5, 5.41) is 0. The summed E-state index contributed by atoms with van der Waals surface area (Å²) in [6.07, 6.45) is 0. The molecule has 0 saturated carbocycles. The first kappa shape index (κ1) is 6.81. The Bertz CT molecular complexity index is 351. The molecule has 0 saturated heterocycles. The van der Waals surface area contributed by atoms with Crippen molar-refractivity contribution in [1.82, 2.24) is 9.97 Å². The van der Waals surface area contributed by atoms with E-state index in [0.717, 1.165) is 0 Å². The monoisotopic (exact) mass is 161 g/mol. The van der Waals surface area contributed by atoms with Crippen LogP contribution in [0.15, 0.2) is 4.79 Å². The lowest BCUT2D eigenvalue weighted by Gasteiger charge is -1.95. The van der Waals surface area contributed by atoms with Gasteiger partial charge in [0.05, 0.1) is 0 Å². The van der Waals surface area contributed by atoms with E-state index in [9.17, 15) is 4.79 Å². The van der Waals surface area contributed by atoms with Gasteiger partial charge in [-0.15, -0.1) is 0 Å². The Labute approximate surface area is 61.1 Å². The van der Waals surface area contributed by atoms with Gasteiger partial charge in [0.2, 0.25) is 0 Å². The minimum atomic E-state index is -0.457. The van der Waals surface area contributed by atoms with Crippen LogP contribution < -0.4 is 17.0 Å². The van der Waals surface area contributed by atoms with Crippen LogP contribution in [0.25, 0.3) is 0 Å². The van der Waals surface area contributed by atoms with Crippen molar-refractivity contribution in [2.45, 2.75) is 0 Å². The third-order valence-electron chi connectivity index (χ3n) is 1.01. The Kier molecular flexibility index (Phi) is 1.46. The van der Waals surface area contributed by atoms with Crippen molar-refractivity contribution in [2.75, 3.05) is 11.5 Å². The number of nitrogens with two attached hydrogens (primary N) is 2. The summed E-state index contributed by atoms with van der Waals surface area (Å²) < 4.78 is 0.178. The topological polar surface area (TPSA) is 101 Å². The van der Waals surface area contributed by atoms with Crippen molar-refractivity contribution in [2.24, 2.45) is 0 Å². The van der Waals surface area contributed by atoms with Gasteiger partial charge in [0, 0.05) is 0 Å². The second-order valence-corrected chi connectivity index (χ2v) is 2.14. The van der Waals surface area contributed by atoms with Crippen molar-refractivity contribution >= 4 is 23.7 Å². The number of H-pyrrole nitrogens is 2. The van der Waals surface area contributed by atoms with E-state index in [1.807, 2.05) is 0 Å². The largest absolute Gasteiger partial charge is 0.391 e. The van der Waals surface area contributed by atoms with Crippen molar-refractivity contribution in [3.05, 3.63) is 15.1 Å². The fourth-order valence-corrected chi connectivity index (χ4v) is 0.716. The molecule has 54 valence electrons. The summed E-state index contributed by atoms with van der Waals surface area (Å²) in [4.78, 5) is 15.5. The van der Waals surface area contributed by atoms with E-state index in [4.69, 9.17) is 11.5 Å². The van der Waals surface area contributed by atoms with Gasteiger partial charge in [0.15, 0.2) is 4.77 Å². The quantitative estimate of drug-likeness (QED) is 0.307. The number of nitrogens with one attached hydrogen (secondary N) is 2. The van der Waals surface area contributed by atoms with Crippen molar-refractivity contribution < 1.29 is 0 Å². The lowest BCUT2D eigenvalue weighted by atomic mass is 11.0. The van der Waals surface area contributed by atoms with E-state index in [0.29, 0.717) is 0 Å². The maximum Gasteiger partial charge on any atom is 0.277 e. The molecule has 0 aliphatic carbocycles. The average molecular weight is 161 g/mol. The molecule has 0 spiro atoms. The van der Waals surface area contributed by atoms with E-state index >= 15 is 0 Å². The lowest BCUT2D eigenvalue weighted by Crippen LogP contribution is -2.15. The fourth-order valence-electron chi connectivity index (χ4n) is 0.514. The highest BCUT2D eigenvalue weighted by molar-refractivity contribution is 7.71. The van der Waals surface area contributed by atoms with Crippen LogP contribution in [0.2, 0.25) is 0 Å². The van der Waals surface area contributed by atoms with Gasteiger partial charge in [-0.1, -0.05) is 0 Å². The molecule has 5 nitrogen and oxygen atoms in total. The van der Waals surface area contributed by atoms with E-state index < -0.39 is 5.56 Å². The minimum absolute atomic E-state index is 0.0337. The van der Waals surface area contributed by atoms with Crippen LogP contribution in [-0.2, 0) is 0 Å². The molecule has 1 rings (SSSR count). The van der Waals surface area contributed by atoms with Crippen LogP contribution in [0, 0.1) is 4.77 Å². The van der Waals surface area contributed by atoms with Crippen LogP contribution in [-0.4, -0.2) is 9.97 Å². The molecule has 0 aliphatic rings. The Morgan fingerprint density at radius 3 is 2.40 bits per heavy atom. The van der Waals surface area contributed by atoms with Gasteiger partial charge in [-0.2, -0.15) is 0 Å². The highest BCUT2D eigenvalue weighted by Crippen LogP contribution is 1.99. The zero-order valence-corrected chi connectivity index (χ0v) is 5.79. The molecule has 6 N–H and O–H groups in total. The van der Waals surface area contributed by atoms with Gasteiger partial charge < -0.3 is 16.5 Å². The first-order chi connectivity index (χ1) is 4.61. The van der Waals surface area contributed by atoms with Gasteiger partial charge in [-0.05, 0) is 12.2 Å². The van der Waals surface area contributed by atoms with Crippen LogP contribution in [0.5, 0.6) is 0 Å². The number of hydrogen-bond donors (Lipinski definition) is 4. The fraction of sp³-hybridized carbons (Fsp3) is 0. The van der Waals surface area contributed by atoms with E-state index in [1.165, 1.54) is 0 Å². The number of aromatic amines is 2. The number of anilines is 2. The van der Waals surface area contributed by atoms with Gasteiger partial charge >= 0.3 is 0 Å². The highest BCUT2D eigenvalue weighted by Gasteiger charge is 1.97. The molecule has 6 heteroatoms. The normalized spacial score (nSPS) is 9.60. The van der Waals surface area contributed by atoms with Crippen molar-refractivity contribution in [1.29, 1.82) is 0 Å². The maximum absolute atomic E-state index is 10.7. The molecule has 0 bridgehead atoms.